The van der Waals surface area contributed by atoms with Crippen LogP contribution in [0.2, 0.25) is 0 Å². The lowest BCUT2D eigenvalue weighted by Crippen LogP contribution is -2.34. The summed E-state index contributed by atoms with van der Waals surface area (Å²) < 4.78 is 18.3. The zero-order valence-electron chi connectivity index (χ0n) is 12.7. The molecule has 1 N–H and O–H groups in total. The first-order chi connectivity index (χ1) is 11.6. The summed E-state index contributed by atoms with van der Waals surface area (Å²) in [5.74, 6) is -0.0167. The molecule has 3 rings (SSSR count). The zero-order valence-corrected chi connectivity index (χ0v) is 12.7. The van der Waals surface area contributed by atoms with Crippen molar-refractivity contribution in [2.75, 3.05) is 0 Å². The molecule has 1 aromatic heterocycles. The van der Waals surface area contributed by atoms with E-state index in [-0.39, 0.29) is 5.82 Å². The van der Waals surface area contributed by atoms with Crippen molar-refractivity contribution in [3.8, 4) is 17.1 Å². The number of aromatic nitrogens is 4. The van der Waals surface area contributed by atoms with Gasteiger partial charge in [-0.05, 0) is 48.5 Å². The van der Waals surface area contributed by atoms with Crippen molar-refractivity contribution in [1.29, 1.82) is 0 Å². The smallest absolute Gasteiger partial charge is 0.204 e. The molecular weight excluding hydrogens is 313 g/mol. The Kier molecular flexibility index (Phi) is 4.46. The number of aromatic amines is 1. The van der Waals surface area contributed by atoms with Gasteiger partial charge in [0.25, 0.3) is 0 Å². The first-order valence-corrected chi connectivity index (χ1v) is 7.13. The molecule has 0 unspecified atom stereocenters. The van der Waals surface area contributed by atoms with Crippen molar-refractivity contribution in [2.24, 2.45) is 4.99 Å². The van der Waals surface area contributed by atoms with Gasteiger partial charge < -0.3 is 9.84 Å². The zero-order chi connectivity index (χ0) is 16.9. The van der Waals surface area contributed by atoms with Crippen LogP contribution in [0.1, 0.15) is 6.92 Å². The van der Waals surface area contributed by atoms with E-state index in [0.717, 1.165) is 0 Å². The number of aliphatic imine (C=N–C) groups is 1. The molecule has 2 aromatic carbocycles. The van der Waals surface area contributed by atoms with Gasteiger partial charge in [-0.15, -0.1) is 10.2 Å². The first kappa shape index (κ1) is 15.6. The van der Waals surface area contributed by atoms with Gasteiger partial charge in [-0.2, -0.15) is 5.21 Å². The summed E-state index contributed by atoms with van der Waals surface area (Å²) >= 11 is 0. The van der Waals surface area contributed by atoms with E-state index < -0.39 is 12.0 Å². The standard InChI is InChI=1S/C16H14FN5O2/c1-10(24-14-7-5-12(17)6-8-14)16(23)18-13-4-2-3-11(9-13)15-19-21-22-20-15/h2-10H,1H3,(H,18,23)(H,19,20,21,22)/p-1/t10-/m1/s1. The van der Waals surface area contributed by atoms with Crippen LogP contribution in [0.5, 0.6) is 5.75 Å². The summed E-state index contributed by atoms with van der Waals surface area (Å²) in [6, 6.07) is 12.3. The third-order valence-electron chi connectivity index (χ3n) is 3.16. The number of rotatable bonds is 5. The minimum Gasteiger partial charge on any atom is -0.859 e. The van der Waals surface area contributed by atoms with Gasteiger partial charge in [-0.25, -0.2) is 4.39 Å². The van der Waals surface area contributed by atoms with Crippen LogP contribution in [0.15, 0.2) is 53.5 Å². The van der Waals surface area contributed by atoms with E-state index in [9.17, 15) is 9.50 Å². The fourth-order valence-electron chi connectivity index (χ4n) is 1.98. The molecule has 0 aliphatic carbocycles. The van der Waals surface area contributed by atoms with Crippen molar-refractivity contribution in [1.82, 2.24) is 20.6 Å². The van der Waals surface area contributed by atoms with Gasteiger partial charge >= 0.3 is 0 Å². The molecule has 0 bridgehead atoms. The number of ether oxygens (including phenoxy) is 1. The molecule has 1 atom stereocenters. The van der Waals surface area contributed by atoms with E-state index in [4.69, 9.17) is 4.74 Å². The van der Waals surface area contributed by atoms with Crippen molar-refractivity contribution < 1.29 is 14.2 Å². The fourth-order valence-corrected chi connectivity index (χ4v) is 1.98. The molecule has 0 amide bonds. The molecule has 0 aliphatic rings. The molecule has 1 heterocycles. The SMILES string of the molecule is C[C@@H](Oc1ccc(F)cc1)C([O-])=Nc1cccc(-c2nn[nH]n2)c1. The Morgan fingerprint density at radius 3 is 2.75 bits per heavy atom. The fraction of sp³-hybridized carbons (Fsp3) is 0.125. The number of benzene rings is 2. The maximum absolute atomic E-state index is 12.9. The maximum Gasteiger partial charge on any atom is 0.204 e. The summed E-state index contributed by atoms with van der Waals surface area (Å²) in [5.41, 5.74) is 1.14. The van der Waals surface area contributed by atoms with E-state index >= 15 is 0 Å². The van der Waals surface area contributed by atoms with Gasteiger partial charge in [-0.1, -0.05) is 12.1 Å². The summed E-state index contributed by atoms with van der Waals surface area (Å²) in [6.45, 7) is 1.58. The predicted molar refractivity (Wildman–Crippen MR) is 83.2 cm³/mol. The lowest BCUT2D eigenvalue weighted by atomic mass is 10.2. The molecule has 0 spiro atoms. The van der Waals surface area contributed by atoms with Crippen LogP contribution in [-0.2, 0) is 0 Å². The second kappa shape index (κ2) is 6.86. The van der Waals surface area contributed by atoms with Crippen molar-refractivity contribution >= 4 is 11.6 Å². The molecule has 24 heavy (non-hydrogen) atoms. The van der Waals surface area contributed by atoms with E-state index in [1.54, 1.807) is 31.2 Å². The summed E-state index contributed by atoms with van der Waals surface area (Å²) in [7, 11) is 0. The Labute approximate surface area is 136 Å². The Morgan fingerprint density at radius 1 is 1.25 bits per heavy atom. The highest BCUT2D eigenvalue weighted by atomic mass is 19.1. The third kappa shape index (κ3) is 3.72. The highest BCUT2D eigenvalue weighted by molar-refractivity contribution is 5.80. The third-order valence-corrected chi connectivity index (χ3v) is 3.16. The highest BCUT2D eigenvalue weighted by Gasteiger charge is 2.06. The van der Waals surface area contributed by atoms with Gasteiger partial charge in [0.2, 0.25) is 5.82 Å². The Hall–Kier alpha value is -3.29. The molecule has 8 heteroatoms. The topological polar surface area (TPSA) is 99.1 Å². The van der Waals surface area contributed by atoms with E-state index in [1.165, 1.54) is 24.3 Å². The molecule has 0 radical (unpaired) electrons. The summed E-state index contributed by atoms with van der Waals surface area (Å²) in [5, 5.41) is 25.8. The molecular formula is C16H13FN5O2-. The number of H-pyrrole nitrogens is 1. The highest BCUT2D eigenvalue weighted by Crippen LogP contribution is 2.21. The van der Waals surface area contributed by atoms with Gasteiger partial charge in [-0.3, -0.25) is 4.99 Å². The van der Waals surface area contributed by atoms with Crippen LogP contribution < -0.4 is 9.84 Å². The number of hydrogen-bond donors (Lipinski definition) is 1. The van der Waals surface area contributed by atoms with Crippen LogP contribution in [0.3, 0.4) is 0 Å². The second-order valence-electron chi connectivity index (χ2n) is 4.95. The molecule has 3 aromatic rings. The number of hydrogen-bond acceptors (Lipinski definition) is 6. The normalized spacial score (nSPS) is 12.8. The second-order valence-corrected chi connectivity index (χ2v) is 4.95. The Bertz CT molecular complexity index is 834. The molecule has 0 saturated carbocycles. The average Bonchev–Trinajstić information content (AvgIpc) is 3.12. The minimum atomic E-state index is -0.802. The first-order valence-electron chi connectivity index (χ1n) is 7.13. The number of tetrazole rings is 1. The quantitative estimate of drug-likeness (QED) is 0.570. The number of halogens is 1. The van der Waals surface area contributed by atoms with Gasteiger partial charge in [0, 0.05) is 11.5 Å². The number of nitrogens with zero attached hydrogens (tertiary/aromatic N) is 4. The van der Waals surface area contributed by atoms with Crippen LogP contribution >= 0.6 is 0 Å². The molecule has 0 aliphatic heterocycles. The average molecular weight is 326 g/mol. The van der Waals surface area contributed by atoms with Crippen molar-refractivity contribution in [3.05, 3.63) is 54.3 Å². The van der Waals surface area contributed by atoms with Crippen LogP contribution in [0.4, 0.5) is 10.1 Å². The van der Waals surface area contributed by atoms with E-state index in [1.807, 2.05) is 0 Å². The van der Waals surface area contributed by atoms with Crippen molar-refractivity contribution in [3.63, 3.8) is 0 Å². The lowest BCUT2D eigenvalue weighted by Gasteiger charge is -2.20. The van der Waals surface area contributed by atoms with Gasteiger partial charge in [0.1, 0.15) is 17.7 Å². The monoisotopic (exact) mass is 326 g/mol. The Balaban J connectivity index is 1.75. The van der Waals surface area contributed by atoms with Crippen molar-refractivity contribution in [2.45, 2.75) is 13.0 Å². The predicted octanol–water partition coefficient (Wildman–Crippen LogP) is 1.86. The lowest BCUT2D eigenvalue weighted by molar-refractivity contribution is -0.225. The van der Waals surface area contributed by atoms with Crippen LogP contribution in [0, 0.1) is 5.82 Å². The van der Waals surface area contributed by atoms with Gasteiger partial charge in [0.05, 0.1) is 5.69 Å². The van der Waals surface area contributed by atoms with Gasteiger partial charge in [0.15, 0.2) is 0 Å². The molecule has 0 fully saturated rings. The minimum absolute atomic E-state index is 0.371. The van der Waals surface area contributed by atoms with E-state index in [2.05, 4.69) is 25.6 Å². The molecule has 122 valence electrons. The molecule has 0 saturated heterocycles. The molecule has 7 nitrogen and oxygen atoms in total. The summed E-state index contributed by atoms with van der Waals surface area (Å²) in [4.78, 5) is 4.02. The van der Waals surface area contributed by atoms with Crippen LogP contribution in [-0.4, -0.2) is 32.6 Å². The summed E-state index contributed by atoms with van der Waals surface area (Å²) in [6.07, 6.45) is -0.802. The largest absolute Gasteiger partial charge is 0.859 e. The maximum atomic E-state index is 12.9. The van der Waals surface area contributed by atoms with Crippen LogP contribution in [0.25, 0.3) is 11.4 Å². The number of nitrogens with one attached hydrogen (secondary N) is 1. The van der Waals surface area contributed by atoms with E-state index in [0.29, 0.717) is 22.8 Å². The Morgan fingerprint density at radius 2 is 2.04 bits per heavy atom.